The lowest BCUT2D eigenvalue weighted by Crippen LogP contribution is -2.28. The molecule has 2 heterocycles. The molecular weight excluding hydrogens is 210 g/mol. The Morgan fingerprint density at radius 3 is 2.59 bits per heavy atom. The lowest BCUT2D eigenvalue weighted by molar-refractivity contribution is 0.724. The first kappa shape index (κ1) is 14.0. The van der Waals surface area contributed by atoms with Crippen molar-refractivity contribution in [2.24, 2.45) is 5.92 Å². The molecule has 0 amide bonds. The van der Waals surface area contributed by atoms with Gasteiger partial charge in [-0.25, -0.2) is 4.98 Å². The summed E-state index contributed by atoms with van der Waals surface area (Å²) in [7, 11) is 0. The van der Waals surface area contributed by atoms with Crippen molar-refractivity contribution in [3.05, 3.63) is 24.4 Å². The van der Waals surface area contributed by atoms with E-state index < -0.39 is 0 Å². The summed E-state index contributed by atoms with van der Waals surface area (Å²) in [5.41, 5.74) is 0. The zero-order valence-electron chi connectivity index (χ0n) is 11.3. The minimum Gasteiger partial charge on any atom is -0.355 e. The predicted molar refractivity (Wildman–Crippen MR) is 74.4 cm³/mol. The van der Waals surface area contributed by atoms with E-state index >= 15 is 0 Å². The van der Waals surface area contributed by atoms with Crippen molar-refractivity contribution in [3.63, 3.8) is 0 Å². The van der Waals surface area contributed by atoms with Gasteiger partial charge in [0.25, 0.3) is 0 Å². The first-order chi connectivity index (χ1) is 8.20. The van der Waals surface area contributed by atoms with Crippen molar-refractivity contribution in [2.45, 2.75) is 27.2 Å². The van der Waals surface area contributed by atoms with Gasteiger partial charge < -0.3 is 10.2 Å². The van der Waals surface area contributed by atoms with Crippen molar-refractivity contribution in [1.82, 2.24) is 10.3 Å². The molecule has 3 heteroatoms. The highest BCUT2D eigenvalue weighted by molar-refractivity contribution is 5.37. The maximum atomic E-state index is 4.34. The zero-order valence-corrected chi connectivity index (χ0v) is 11.3. The molecule has 0 aliphatic carbocycles. The molecule has 0 unspecified atom stereocenters. The van der Waals surface area contributed by atoms with E-state index in [9.17, 15) is 0 Å². The molecule has 0 radical (unpaired) electrons. The summed E-state index contributed by atoms with van der Waals surface area (Å²) in [6.07, 6.45) is 3.06. The fourth-order valence-electron chi connectivity index (χ4n) is 1.62. The van der Waals surface area contributed by atoms with Gasteiger partial charge in [-0.05, 0) is 31.0 Å². The molecule has 1 aromatic rings. The SMILES string of the molecule is CC(C)C.c1ccc(N2CCCNCC2)nc1. The third-order valence-electron chi connectivity index (χ3n) is 2.31. The highest BCUT2D eigenvalue weighted by Crippen LogP contribution is 2.09. The van der Waals surface area contributed by atoms with Gasteiger partial charge in [-0.1, -0.05) is 26.8 Å². The second-order valence-corrected chi connectivity index (χ2v) is 5.01. The number of hydrogen-bond acceptors (Lipinski definition) is 3. The summed E-state index contributed by atoms with van der Waals surface area (Å²) in [4.78, 5) is 6.68. The predicted octanol–water partition coefficient (Wildman–Crippen LogP) is 2.54. The standard InChI is InChI=1S/C10H15N3.C4H10/c1-2-6-12-10(4-1)13-8-3-5-11-7-9-13;1-4(2)3/h1-2,4,6,11H,3,5,7-9H2;4H,1-3H3. The van der Waals surface area contributed by atoms with Gasteiger partial charge in [0, 0.05) is 25.8 Å². The Kier molecular flexibility index (Phi) is 6.63. The largest absolute Gasteiger partial charge is 0.355 e. The number of pyridine rings is 1. The third kappa shape index (κ3) is 6.27. The van der Waals surface area contributed by atoms with Gasteiger partial charge in [-0.2, -0.15) is 0 Å². The van der Waals surface area contributed by atoms with Crippen LogP contribution in [0.4, 0.5) is 5.82 Å². The number of nitrogens with zero attached hydrogens (tertiary/aromatic N) is 2. The van der Waals surface area contributed by atoms with E-state index in [1.165, 1.54) is 6.42 Å². The molecule has 2 rings (SSSR count). The van der Waals surface area contributed by atoms with Crippen LogP contribution in [-0.4, -0.2) is 31.2 Å². The summed E-state index contributed by atoms with van der Waals surface area (Å²) >= 11 is 0. The molecule has 0 atom stereocenters. The molecule has 1 fully saturated rings. The van der Waals surface area contributed by atoms with E-state index in [0.29, 0.717) is 0 Å². The van der Waals surface area contributed by atoms with Crippen molar-refractivity contribution in [2.75, 3.05) is 31.1 Å². The molecule has 0 saturated carbocycles. The summed E-state index contributed by atoms with van der Waals surface area (Å²) in [6.45, 7) is 10.9. The first-order valence-electron chi connectivity index (χ1n) is 6.57. The molecule has 0 spiro atoms. The normalized spacial score (nSPS) is 16.1. The summed E-state index contributed by atoms with van der Waals surface area (Å²) in [6, 6.07) is 6.07. The van der Waals surface area contributed by atoms with Crippen LogP contribution in [0.3, 0.4) is 0 Å². The van der Waals surface area contributed by atoms with Crippen molar-refractivity contribution in [1.29, 1.82) is 0 Å². The van der Waals surface area contributed by atoms with Gasteiger partial charge in [0.1, 0.15) is 5.82 Å². The lowest BCUT2D eigenvalue weighted by atomic mass is 10.3. The second-order valence-electron chi connectivity index (χ2n) is 5.01. The van der Waals surface area contributed by atoms with Crippen LogP contribution in [-0.2, 0) is 0 Å². The quantitative estimate of drug-likeness (QED) is 0.811. The molecule has 0 aromatic carbocycles. The van der Waals surface area contributed by atoms with Crippen LogP contribution in [0, 0.1) is 5.92 Å². The van der Waals surface area contributed by atoms with Crippen LogP contribution < -0.4 is 10.2 Å². The monoisotopic (exact) mass is 235 g/mol. The van der Waals surface area contributed by atoms with Gasteiger partial charge in [0.05, 0.1) is 0 Å². The Morgan fingerprint density at radius 1 is 1.18 bits per heavy atom. The van der Waals surface area contributed by atoms with Crippen LogP contribution in [0.15, 0.2) is 24.4 Å². The second kappa shape index (κ2) is 8.07. The van der Waals surface area contributed by atoms with Gasteiger partial charge >= 0.3 is 0 Å². The summed E-state index contributed by atoms with van der Waals surface area (Å²) in [5.74, 6) is 1.94. The minimum absolute atomic E-state index is 0.833. The van der Waals surface area contributed by atoms with Crippen LogP contribution in [0.1, 0.15) is 27.2 Å². The molecule has 96 valence electrons. The molecule has 0 bridgehead atoms. The van der Waals surface area contributed by atoms with Crippen molar-refractivity contribution < 1.29 is 0 Å². The minimum atomic E-state index is 0.833. The fraction of sp³-hybridized carbons (Fsp3) is 0.643. The van der Waals surface area contributed by atoms with Crippen LogP contribution in [0.2, 0.25) is 0 Å². The summed E-state index contributed by atoms with van der Waals surface area (Å²) in [5, 5.41) is 3.38. The molecule has 3 nitrogen and oxygen atoms in total. The van der Waals surface area contributed by atoms with E-state index in [4.69, 9.17) is 0 Å². The van der Waals surface area contributed by atoms with E-state index in [0.717, 1.165) is 37.9 Å². The van der Waals surface area contributed by atoms with Crippen LogP contribution in [0.5, 0.6) is 0 Å². The van der Waals surface area contributed by atoms with Crippen LogP contribution in [0.25, 0.3) is 0 Å². The van der Waals surface area contributed by atoms with E-state index in [2.05, 4.69) is 42.0 Å². The molecule has 1 saturated heterocycles. The van der Waals surface area contributed by atoms with Gasteiger partial charge in [0.15, 0.2) is 0 Å². The molecule has 1 aliphatic rings. The molecular formula is C14H25N3. The highest BCUT2D eigenvalue weighted by atomic mass is 15.2. The number of rotatable bonds is 1. The van der Waals surface area contributed by atoms with E-state index in [-0.39, 0.29) is 0 Å². The Hall–Kier alpha value is -1.09. The number of nitrogens with one attached hydrogen (secondary N) is 1. The maximum absolute atomic E-state index is 4.34. The molecule has 17 heavy (non-hydrogen) atoms. The van der Waals surface area contributed by atoms with Gasteiger partial charge in [-0.15, -0.1) is 0 Å². The zero-order chi connectivity index (χ0) is 12.5. The summed E-state index contributed by atoms with van der Waals surface area (Å²) < 4.78 is 0. The average molecular weight is 235 g/mol. The topological polar surface area (TPSA) is 28.2 Å². The molecule has 1 N–H and O–H groups in total. The Bertz CT molecular complexity index is 274. The Morgan fingerprint density at radius 2 is 1.94 bits per heavy atom. The fourth-order valence-corrected chi connectivity index (χ4v) is 1.62. The smallest absolute Gasteiger partial charge is 0.128 e. The number of aromatic nitrogens is 1. The van der Waals surface area contributed by atoms with Crippen molar-refractivity contribution in [3.8, 4) is 0 Å². The Labute approximate surface area is 105 Å². The van der Waals surface area contributed by atoms with Crippen molar-refractivity contribution >= 4 is 5.82 Å². The number of anilines is 1. The Balaban J connectivity index is 0.000000317. The van der Waals surface area contributed by atoms with Gasteiger partial charge in [0.2, 0.25) is 0 Å². The highest BCUT2D eigenvalue weighted by Gasteiger charge is 2.08. The number of hydrogen-bond donors (Lipinski definition) is 1. The molecule has 1 aromatic heterocycles. The molecule has 1 aliphatic heterocycles. The maximum Gasteiger partial charge on any atom is 0.128 e. The third-order valence-corrected chi connectivity index (χ3v) is 2.31. The average Bonchev–Trinajstić information content (AvgIpc) is 2.58. The van der Waals surface area contributed by atoms with E-state index in [1.54, 1.807) is 0 Å². The van der Waals surface area contributed by atoms with E-state index in [1.807, 2.05) is 18.3 Å². The van der Waals surface area contributed by atoms with Gasteiger partial charge in [-0.3, -0.25) is 0 Å². The van der Waals surface area contributed by atoms with Crippen LogP contribution >= 0.6 is 0 Å². The first-order valence-corrected chi connectivity index (χ1v) is 6.57. The lowest BCUT2D eigenvalue weighted by Gasteiger charge is -2.20.